The number of benzene rings is 1. The summed E-state index contributed by atoms with van der Waals surface area (Å²) in [5.74, 6) is -0.0496. The summed E-state index contributed by atoms with van der Waals surface area (Å²) in [4.78, 5) is 11.3. The zero-order valence-corrected chi connectivity index (χ0v) is 14.1. The third kappa shape index (κ3) is 7.31. The van der Waals surface area contributed by atoms with Crippen molar-refractivity contribution in [2.75, 3.05) is 6.61 Å². The molecular weight excluding hydrogens is 260 g/mol. The van der Waals surface area contributed by atoms with Crippen LogP contribution in [0.2, 0.25) is 0 Å². The molecule has 0 heterocycles. The van der Waals surface area contributed by atoms with Gasteiger partial charge in [-0.2, -0.15) is 0 Å². The first kappa shape index (κ1) is 17.7. The van der Waals surface area contributed by atoms with Gasteiger partial charge in [0.2, 0.25) is 0 Å². The first-order chi connectivity index (χ1) is 9.93. The molecule has 118 valence electrons. The number of carbonyl (C=O) groups excluding carboxylic acids is 1. The van der Waals surface area contributed by atoms with Gasteiger partial charge in [-0.3, -0.25) is 4.79 Å². The monoisotopic (exact) mass is 290 g/mol. The molecule has 1 rings (SSSR count). The fourth-order valence-electron chi connectivity index (χ4n) is 2.18. The lowest BCUT2D eigenvalue weighted by Gasteiger charge is -2.19. The summed E-state index contributed by atoms with van der Waals surface area (Å²) in [6.45, 7) is 9.33. The molecule has 0 fully saturated rings. The number of esters is 1. The molecule has 2 nitrogen and oxygen atoms in total. The molecule has 0 aliphatic carbocycles. The van der Waals surface area contributed by atoms with Crippen molar-refractivity contribution in [3.63, 3.8) is 0 Å². The number of carbonyl (C=O) groups is 1. The van der Waals surface area contributed by atoms with Gasteiger partial charge in [-0.15, -0.1) is 0 Å². The van der Waals surface area contributed by atoms with Gasteiger partial charge < -0.3 is 4.74 Å². The van der Waals surface area contributed by atoms with Crippen molar-refractivity contribution in [1.29, 1.82) is 0 Å². The first-order valence-corrected chi connectivity index (χ1v) is 8.18. The highest BCUT2D eigenvalue weighted by Crippen LogP contribution is 2.22. The van der Waals surface area contributed by atoms with Crippen LogP contribution in [0.1, 0.15) is 70.9 Å². The largest absolute Gasteiger partial charge is 0.466 e. The van der Waals surface area contributed by atoms with E-state index in [4.69, 9.17) is 4.74 Å². The lowest BCUT2D eigenvalue weighted by atomic mass is 9.86. The highest BCUT2D eigenvalue weighted by Gasteiger charge is 2.12. The van der Waals surface area contributed by atoms with Crippen molar-refractivity contribution < 1.29 is 9.53 Å². The van der Waals surface area contributed by atoms with Gasteiger partial charge in [0.05, 0.1) is 6.61 Å². The van der Waals surface area contributed by atoms with Crippen molar-refractivity contribution in [1.82, 2.24) is 0 Å². The predicted octanol–water partition coefficient (Wildman–Crippen LogP) is 5.04. The van der Waals surface area contributed by atoms with Gasteiger partial charge in [0.15, 0.2) is 0 Å². The summed E-state index contributed by atoms with van der Waals surface area (Å²) < 4.78 is 5.21. The summed E-state index contributed by atoms with van der Waals surface area (Å²) in [7, 11) is 0. The van der Waals surface area contributed by atoms with Crippen LogP contribution in [0.4, 0.5) is 0 Å². The van der Waals surface area contributed by atoms with Crippen molar-refractivity contribution in [2.24, 2.45) is 0 Å². The normalized spacial score (nSPS) is 11.4. The van der Waals surface area contributed by atoms with Gasteiger partial charge in [0.25, 0.3) is 0 Å². The van der Waals surface area contributed by atoms with E-state index in [2.05, 4.69) is 52.0 Å². The van der Waals surface area contributed by atoms with E-state index in [9.17, 15) is 4.79 Å². The quantitative estimate of drug-likeness (QED) is 0.495. The second kappa shape index (κ2) is 8.86. The van der Waals surface area contributed by atoms with Crippen LogP contribution in [0.25, 0.3) is 0 Å². The zero-order valence-electron chi connectivity index (χ0n) is 14.1. The van der Waals surface area contributed by atoms with Crippen LogP contribution in [0.15, 0.2) is 24.3 Å². The van der Waals surface area contributed by atoms with E-state index in [1.54, 1.807) is 0 Å². The van der Waals surface area contributed by atoms with Crippen molar-refractivity contribution in [3.8, 4) is 0 Å². The van der Waals surface area contributed by atoms with E-state index in [1.807, 2.05) is 0 Å². The molecular formula is C19H30O2. The average Bonchev–Trinajstić information content (AvgIpc) is 2.44. The van der Waals surface area contributed by atoms with Gasteiger partial charge >= 0.3 is 5.97 Å². The molecule has 0 aliphatic rings. The average molecular weight is 290 g/mol. The number of unbranched alkanes of at least 4 members (excludes halogenated alkanes) is 2. The van der Waals surface area contributed by atoms with Crippen molar-refractivity contribution >= 4 is 5.97 Å². The molecule has 2 heteroatoms. The molecule has 0 N–H and O–H groups in total. The Bertz CT molecular complexity index is 412. The number of ether oxygens (including phenoxy) is 1. The molecule has 0 radical (unpaired) electrons. The number of rotatable bonds is 8. The smallest absolute Gasteiger partial charge is 0.305 e. The Labute approximate surface area is 129 Å². The van der Waals surface area contributed by atoms with Crippen molar-refractivity contribution in [2.45, 2.75) is 71.6 Å². The summed E-state index contributed by atoms with van der Waals surface area (Å²) in [5.41, 5.74) is 2.95. The Morgan fingerprint density at radius 3 is 2.29 bits per heavy atom. The maximum Gasteiger partial charge on any atom is 0.305 e. The summed E-state index contributed by atoms with van der Waals surface area (Å²) in [6, 6.07) is 8.88. The number of hydrogen-bond donors (Lipinski definition) is 0. The molecule has 0 aromatic heterocycles. The number of aryl methyl sites for hydroxylation is 1. The summed E-state index contributed by atoms with van der Waals surface area (Å²) in [5, 5.41) is 0. The van der Waals surface area contributed by atoms with Gasteiger partial charge in [-0.25, -0.2) is 0 Å². The summed E-state index contributed by atoms with van der Waals surface area (Å²) in [6.07, 6.45) is 5.59. The Morgan fingerprint density at radius 2 is 1.71 bits per heavy atom. The minimum atomic E-state index is -0.0496. The van der Waals surface area contributed by atoms with Gasteiger partial charge in [-0.05, 0) is 42.2 Å². The van der Waals surface area contributed by atoms with Crippen LogP contribution in [-0.4, -0.2) is 12.6 Å². The minimum Gasteiger partial charge on any atom is -0.466 e. The highest BCUT2D eigenvalue weighted by molar-refractivity contribution is 5.69. The Morgan fingerprint density at radius 1 is 1.05 bits per heavy atom. The Kier molecular flexibility index (Phi) is 7.49. The second-order valence-electron chi connectivity index (χ2n) is 6.73. The third-order valence-electron chi connectivity index (χ3n) is 3.68. The van der Waals surface area contributed by atoms with Crippen LogP contribution in [0.3, 0.4) is 0 Å². The fraction of sp³-hybridized carbons (Fsp3) is 0.632. The second-order valence-corrected chi connectivity index (χ2v) is 6.73. The van der Waals surface area contributed by atoms with Crippen LogP contribution in [0, 0.1) is 0 Å². The first-order valence-electron chi connectivity index (χ1n) is 8.18. The summed E-state index contributed by atoms with van der Waals surface area (Å²) >= 11 is 0. The van der Waals surface area contributed by atoms with Crippen LogP contribution < -0.4 is 0 Å². The molecule has 1 aromatic rings. The van der Waals surface area contributed by atoms with Crippen molar-refractivity contribution in [3.05, 3.63) is 35.4 Å². The Balaban J connectivity index is 2.20. The van der Waals surface area contributed by atoms with E-state index in [0.717, 1.165) is 32.1 Å². The maximum atomic E-state index is 11.3. The van der Waals surface area contributed by atoms with E-state index in [-0.39, 0.29) is 11.4 Å². The van der Waals surface area contributed by atoms with E-state index < -0.39 is 0 Å². The minimum absolute atomic E-state index is 0.0496. The van der Waals surface area contributed by atoms with Gasteiger partial charge in [0.1, 0.15) is 0 Å². The lowest BCUT2D eigenvalue weighted by molar-refractivity contribution is -0.143. The standard InChI is InChI=1S/C19H30O2/c1-5-6-10-18(20)21-15-8-7-9-16-11-13-17(14-12-16)19(2,3)4/h11-14H,5-10,15H2,1-4H3. The van der Waals surface area contributed by atoms with Crippen LogP contribution in [-0.2, 0) is 21.4 Å². The van der Waals surface area contributed by atoms with E-state index in [1.165, 1.54) is 11.1 Å². The topological polar surface area (TPSA) is 26.3 Å². The molecule has 0 bridgehead atoms. The fourth-order valence-corrected chi connectivity index (χ4v) is 2.18. The maximum absolute atomic E-state index is 11.3. The van der Waals surface area contributed by atoms with Crippen LogP contribution >= 0.6 is 0 Å². The molecule has 0 unspecified atom stereocenters. The van der Waals surface area contributed by atoms with E-state index in [0.29, 0.717) is 13.0 Å². The zero-order chi connectivity index (χ0) is 15.7. The molecule has 21 heavy (non-hydrogen) atoms. The lowest BCUT2D eigenvalue weighted by Crippen LogP contribution is -2.10. The number of hydrogen-bond acceptors (Lipinski definition) is 2. The van der Waals surface area contributed by atoms with Gasteiger partial charge in [0, 0.05) is 6.42 Å². The van der Waals surface area contributed by atoms with Gasteiger partial charge in [-0.1, -0.05) is 58.4 Å². The third-order valence-corrected chi connectivity index (χ3v) is 3.68. The Hall–Kier alpha value is -1.31. The molecule has 1 aromatic carbocycles. The van der Waals surface area contributed by atoms with E-state index >= 15 is 0 Å². The highest BCUT2D eigenvalue weighted by atomic mass is 16.5. The molecule has 0 atom stereocenters. The SMILES string of the molecule is CCCCC(=O)OCCCCc1ccc(C(C)(C)C)cc1. The molecule has 0 aliphatic heterocycles. The molecule has 0 spiro atoms. The molecule has 0 saturated carbocycles. The van der Waals surface area contributed by atoms with Crippen LogP contribution in [0.5, 0.6) is 0 Å². The molecule has 0 amide bonds. The molecule has 0 saturated heterocycles. The predicted molar refractivity (Wildman–Crippen MR) is 88.6 cm³/mol.